The van der Waals surface area contributed by atoms with Crippen molar-refractivity contribution in [2.24, 2.45) is 0 Å². The maximum Gasteiger partial charge on any atom is 0.290 e. The number of aliphatic hydroxyl groups excluding tert-OH is 1. The van der Waals surface area contributed by atoms with Gasteiger partial charge in [0, 0.05) is 31.7 Å². The van der Waals surface area contributed by atoms with Crippen molar-refractivity contribution in [2.45, 2.75) is 46.6 Å². The van der Waals surface area contributed by atoms with E-state index in [-0.39, 0.29) is 17.8 Å². The van der Waals surface area contributed by atoms with Crippen LogP contribution in [0, 0.1) is 0 Å². The summed E-state index contributed by atoms with van der Waals surface area (Å²) in [6, 6.07) is 7.44. The molecule has 1 aliphatic rings. The molecule has 0 saturated carbocycles. The summed E-state index contributed by atoms with van der Waals surface area (Å²) in [5, 5.41) is 10.3. The zero-order valence-corrected chi connectivity index (χ0v) is 15.6. The first-order valence-corrected chi connectivity index (χ1v) is 9.12. The highest BCUT2D eigenvalue weighted by molar-refractivity contribution is 6.08. The molecular weight excluding hydrogens is 316 g/mol. The van der Waals surface area contributed by atoms with E-state index in [2.05, 4.69) is 18.7 Å². The van der Waals surface area contributed by atoms with Gasteiger partial charge in [-0.15, -0.1) is 0 Å². The Balaban J connectivity index is 2.44. The number of rotatable bonds is 8. The number of hydrogen-bond acceptors (Lipinski definition) is 4. The standard InChI is InChI=1S/C20H28N2O3/c1-5-13-22-18(17(16(23)6-2)19(24)20(22)25)14-9-11-15(12-10-14)21(7-3)8-4/h9-12,18,24H,5-8,13H2,1-4H3. The van der Waals surface area contributed by atoms with Gasteiger partial charge in [-0.1, -0.05) is 26.0 Å². The number of amides is 1. The van der Waals surface area contributed by atoms with Crippen LogP contribution < -0.4 is 4.90 Å². The lowest BCUT2D eigenvalue weighted by molar-refractivity contribution is -0.129. The summed E-state index contributed by atoms with van der Waals surface area (Å²) in [4.78, 5) is 28.6. The van der Waals surface area contributed by atoms with E-state index in [1.54, 1.807) is 11.8 Å². The first kappa shape index (κ1) is 19.0. The third-order valence-corrected chi connectivity index (χ3v) is 4.73. The molecule has 1 atom stereocenters. The van der Waals surface area contributed by atoms with Crippen LogP contribution in [0.2, 0.25) is 0 Å². The van der Waals surface area contributed by atoms with Crippen molar-refractivity contribution in [1.29, 1.82) is 0 Å². The molecule has 0 saturated heterocycles. The van der Waals surface area contributed by atoms with Crippen LogP contribution in [0.25, 0.3) is 0 Å². The van der Waals surface area contributed by atoms with E-state index in [0.29, 0.717) is 6.54 Å². The highest BCUT2D eigenvalue weighted by Crippen LogP contribution is 2.38. The number of ketones is 1. The normalized spacial score (nSPS) is 17.4. The summed E-state index contributed by atoms with van der Waals surface area (Å²) in [6.45, 7) is 10.3. The number of hydrogen-bond donors (Lipinski definition) is 1. The number of nitrogens with zero attached hydrogens (tertiary/aromatic N) is 2. The molecule has 1 aliphatic heterocycles. The average molecular weight is 344 g/mol. The van der Waals surface area contributed by atoms with Crippen LogP contribution in [0.1, 0.15) is 52.1 Å². The Hall–Kier alpha value is -2.30. The molecule has 5 heteroatoms. The molecule has 1 aromatic carbocycles. The van der Waals surface area contributed by atoms with Crippen molar-refractivity contribution in [3.05, 3.63) is 41.2 Å². The van der Waals surface area contributed by atoms with E-state index in [0.717, 1.165) is 30.8 Å². The fourth-order valence-electron chi connectivity index (χ4n) is 3.40. The molecule has 0 aliphatic carbocycles. The molecule has 1 N–H and O–H groups in total. The van der Waals surface area contributed by atoms with Crippen LogP contribution in [0.3, 0.4) is 0 Å². The van der Waals surface area contributed by atoms with Gasteiger partial charge in [0.2, 0.25) is 0 Å². The predicted octanol–water partition coefficient (Wildman–Crippen LogP) is 3.62. The fraction of sp³-hybridized carbons (Fsp3) is 0.500. The van der Waals surface area contributed by atoms with Crippen LogP contribution in [-0.2, 0) is 9.59 Å². The van der Waals surface area contributed by atoms with Gasteiger partial charge in [0.1, 0.15) is 0 Å². The largest absolute Gasteiger partial charge is 0.503 e. The van der Waals surface area contributed by atoms with E-state index >= 15 is 0 Å². The Morgan fingerprint density at radius 3 is 2.20 bits per heavy atom. The number of aliphatic hydroxyl groups is 1. The van der Waals surface area contributed by atoms with Crippen LogP contribution in [0.15, 0.2) is 35.6 Å². The summed E-state index contributed by atoms with van der Waals surface area (Å²) in [5.41, 5.74) is 2.20. The van der Waals surface area contributed by atoms with Crippen LogP contribution in [0.4, 0.5) is 5.69 Å². The van der Waals surface area contributed by atoms with E-state index in [1.807, 2.05) is 31.2 Å². The Bertz CT molecular complexity index is 660. The van der Waals surface area contributed by atoms with Gasteiger partial charge in [0.05, 0.1) is 11.6 Å². The first-order valence-electron chi connectivity index (χ1n) is 9.12. The molecule has 0 bridgehead atoms. The molecule has 1 aromatic rings. The van der Waals surface area contributed by atoms with Gasteiger partial charge in [-0.3, -0.25) is 9.59 Å². The number of carbonyl (C=O) groups excluding carboxylic acids is 2. The third kappa shape index (κ3) is 3.55. The lowest BCUT2D eigenvalue weighted by atomic mass is 9.95. The van der Waals surface area contributed by atoms with Crippen molar-refractivity contribution in [3.8, 4) is 0 Å². The van der Waals surface area contributed by atoms with Crippen LogP contribution in [0.5, 0.6) is 0 Å². The highest BCUT2D eigenvalue weighted by atomic mass is 16.3. The third-order valence-electron chi connectivity index (χ3n) is 4.73. The molecule has 136 valence electrons. The number of carbonyl (C=O) groups is 2. The van der Waals surface area contributed by atoms with Crippen molar-refractivity contribution < 1.29 is 14.7 Å². The average Bonchev–Trinajstić information content (AvgIpc) is 2.88. The van der Waals surface area contributed by atoms with Crippen LogP contribution in [-0.4, -0.2) is 41.3 Å². The monoisotopic (exact) mass is 344 g/mol. The molecule has 1 heterocycles. The van der Waals surface area contributed by atoms with Crippen molar-refractivity contribution in [2.75, 3.05) is 24.5 Å². The SMILES string of the molecule is CCCN1C(=O)C(O)=C(C(=O)CC)C1c1ccc(N(CC)CC)cc1. The molecule has 1 amide bonds. The van der Waals surface area contributed by atoms with E-state index in [4.69, 9.17) is 0 Å². The number of Topliss-reactive ketones (excluding diaryl/α,β-unsaturated/α-hetero) is 1. The van der Waals surface area contributed by atoms with E-state index in [1.165, 1.54) is 0 Å². The topological polar surface area (TPSA) is 60.9 Å². The Morgan fingerprint density at radius 2 is 1.72 bits per heavy atom. The van der Waals surface area contributed by atoms with Gasteiger partial charge in [0.25, 0.3) is 5.91 Å². The minimum Gasteiger partial charge on any atom is -0.503 e. The molecule has 0 fully saturated rings. The van der Waals surface area contributed by atoms with Gasteiger partial charge in [-0.05, 0) is 38.0 Å². The molecule has 2 rings (SSSR count). The van der Waals surface area contributed by atoms with E-state index < -0.39 is 17.7 Å². The highest BCUT2D eigenvalue weighted by Gasteiger charge is 2.42. The lowest BCUT2D eigenvalue weighted by Crippen LogP contribution is -2.31. The maximum atomic E-state index is 12.4. The summed E-state index contributed by atoms with van der Waals surface area (Å²) in [6.07, 6.45) is 1.03. The second kappa shape index (κ2) is 8.19. The van der Waals surface area contributed by atoms with Gasteiger partial charge in [-0.25, -0.2) is 0 Å². The summed E-state index contributed by atoms with van der Waals surface area (Å²) >= 11 is 0. The molecule has 0 radical (unpaired) electrons. The molecule has 1 unspecified atom stereocenters. The molecular formula is C20H28N2O3. The minimum absolute atomic E-state index is 0.178. The maximum absolute atomic E-state index is 12.4. The van der Waals surface area contributed by atoms with Gasteiger partial charge in [0.15, 0.2) is 11.5 Å². The Morgan fingerprint density at radius 1 is 1.12 bits per heavy atom. The Kier molecular flexibility index (Phi) is 6.23. The summed E-state index contributed by atoms with van der Waals surface area (Å²) in [5.74, 6) is -1.02. The zero-order valence-electron chi connectivity index (χ0n) is 15.6. The quantitative estimate of drug-likeness (QED) is 0.782. The van der Waals surface area contributed by atoms with Gasteiger partial charge < -0.3 is 14.9 Å². The first-order chi connectivity index (χ1) is 12.0. The Labute approximate surface area is 149 Å². The van der Waals surface area contributed by atoms with E-state index in [9.17, 15) is 14.7 Å². The van der Waals surface area contributed by atoms with Gasteiger partial charge >= 0.3 is 0 Å². The van der Waals surface area contributed by atoms with Gasteiger partial charge in [-0.2, -0.15) is 0 Å². The van der Waals surface area contributed by atoms with Crippen molar-refractivity contribution in [3.63, 3.8) is 0 Å². The molecule has 0 aromatic heterocycles. The molecule has 25 heavy (non-hydrogen) atoms. The second-order valence-electron chi connectivity index (χ2n) is 6.20. The molecule has 0 spiro atoms. The predicted molar refractivity (Wildman–Crippen MR) is 99.7 cm³/mol. The minimum atomic E-state index is -0.495. The van der Waals surface area contributed by atoms with Crippen LogP contribution >= 0.6 is 0 Å². The zero-order chi connectivity index (χ0) is 18.6. The lowest BCUT2D eigenvalue weighted by Gasteiger charge is -2.27. The number of anilines is 1. The second-order valence-corrected chi connectivity index (χ2v) is 6.20. The smallest absolute Gasteiger partial charge is 0.290 e. The fourth-order valence-corrected chi connectivity index (χ4v) is 3.40. The number of benzene rings is 1. The van der Waals surface area contributed by atoms with Crippen molar-refractivity contribution >= 4 is 17.4 Å². The molecule has 5 nitrogen and oxygen atoms in total. The summed E-state index contributed by atoms with van der Waals surface area (Å²) in [7, 11) is 0. The van der Waals surface area contributed by atoms with Crippen molar-refractivity contribution in [1.82, 2.24) is 4.90 Å². The summed E-state index contributed by atoms with van der Waals surface area (Å²) < 4.78 is 0.